The van der Waals surface area contributed by atoms with Crippen LogP contribution in [0, 0.1) is 28.6 Å². The molecule has 3 heteroatoms. The first-order valence-corrected chi connectivity index (χ1v) is 9.30. The van der Waals surface area contributed by atoms with Gasteiger partial charge >= 0.3 is 0 Å². The van der Waals surface area contributed by atoms with Crippen LogP contribution in [0.3, 0.4) is 0 Å². The van der Waals surface area contributed by atoms with Gasteiger partial charge in [-0.1, -0.05) is 25.5 Å². The van der Waals surface area contributed by atoms with Gasteiger partial charge in [0.25, 0.3) is 0 Å². The molecule has 0 aliphatic heterocycles. The third kappa shape index (κ3) is 1.98. The van der Waals surface area contributed by atoms with Gasteiger partial charge in [-0.3, -0.25) is 4.79 Å². The Morgan fingerprint density at radius 3 is 2.57 bits per heavy atom. The van der Waals surface area contributed by atoms with Crippen LogP contribution >= 0.6 is 0 Å². The number of ketones is 1. The van der Waals surface area contributed by atoms with Crippen molar-refractivity contribution in [3.63, 3.8) is 0 Å². The minimum Gasteiger partial charge on any atom is -0.393 e. The third-order valence-corrected chi connectivity index (χ3v) is 8.06. The molecule has 0 bridgehead atoms. The Morgan fingerprint density at radius 2 is 1.83 bits per heavy atom. The maximum atomic E-state index is 14.8. The van der Waals surface area contributed by atoms with Crippen molar-refractivity contribution in [2.24, 2.45) is 28.6 Å². The van der Waals surface area contributed by atoms with Crippen molar-refractivity contribution in [2.75, 3.05) is 0 Å². The zero-order valence-electron chi connectivity index (χ0n) is 14.6. The smallest absolute Gasteiger partial charge is 0.175 e. The molecule has 0 spiro atoms. The minimum atomic E-state index is -1.64. The molecule has 23 heavy (non-hydrogen) atoms. The van der Waals surface area contributed by atoms with Crippen LogP contribution in [-0.4, -0.2) is 22.7 Å². The summed E-state index contributed by atoms with van der Waals surface area (Å²) in [5.74, 6) is 1.02. The zero-order chi connectivity index (χ0) is 16.6. The molecule has 0 unspecified atom stereocenters. The average Bonchev–Trinajstić information content (AvgIpc) is 2.68. The molecule has 3 saturated carbocycles. The van der Waals surface area contributed by atoms with Crippen LogP contribution in [0.2, 0.25) is 0 Å². The van der Waals surface area contributed by atoms with Crippen molar-refractivity contribution >= 4 is 5.78 Å². The lowest BCUT2D eigenvalue weighted by molar-refractivity contribution is -0.138. The molecule has 1 N–H and O–H groups in total. The summed E-state index contributed by atoms with van der Waals surface area (Å²) < 4.78 is 14.8. The van der Waals surface area contributed by atoms with E-state index >= 15 is 0 Å². The fraction of sp³-hybridized carbons (Fsp3) is 0.850. The highest BCUT2D eigenvalue weighted by Gasteiger charge is 2.64. The van der Waals surface area contributed by atoms with Gasteiger partial charge in [-0.15, -0.1) is 0 Å². The van der Waals surface area contributed by atoms with Crippen molar-refractivity contribution in [1.82, 2.24) is 0 Å². The van der Waals surface area contributed by atoms with Crippen LogP contribution in [0.25, 0.3) is 0 Å². The van der Waals surface area contributed by atoms with Crippen LogP contribution in [0.15, 0.2) is 11.6 Å². The molecule has 7 atom stereocenters. The van der Waals surface area contributed by atoms with Gasteiger partial charge in [0.05, 0.1) is 6.10 Å². The van der Waals surface area contributed by atoms with Crippen LogP contribution in [0.4, 0.5) is 4.39 Å². The number of alkyl halides is 1. The Labute approximate surface area is 138 Å². The van der Waals surface area contributed by atoms with E-state index in [1.165, 1.54) is 12.5 Å². The first-order valence-electron chi connectivity index (χ1n) is 9.30. The number of fused-ring (bicyclic) bond motifs is 5. The highest BCUT2D eigenvalue weighted by molar-refractivity contribution is 5.94. The second-order valence-electron chi connectivity index (χ2n) is 9.34. The number of carbonyl (C=O) groups excluding carboxylic acids is 1. The highest BCUT2D eigenvalue weighted by Crippen LogP contribution is 2.65. The van der Waals surface area contributed by atoms with E-state index in [-0.39, 0.29) is 23.2 Å². The summed E-state index contributed by atoms with van der Waals surface area (Å²) in [5, 5.41) is 10.0. The number of hydrogen-bond acceptors (Lipinski definition) is 2. The maximum absolute atomic E-state index is 14.8. The van der Waals surface area contributed by atoms with Gasteiger partial charge in [0.15, 0.2) is 11.5 Å². The van der Waals surface area contributed by atoms with Crippen LogP contribution in [0.5, 0.6) is 0 Å². The number of hydrogen-bond donors (Lipinski definition) is 1. The molecule has 4 aliphatic carbocycles. The summed E-state index contributed by atoms with van der Waals surface area (Å²) >= 11 is 0. The predicted octanol–water partition coefficient (Wildman–Crippen LogP) is 4.22. The molecule has 4 rings (SSSR count). The number of Topliss-reactive ketones (excluding diaryl/α,β-unsaturated/α-hetero) is 1. The Hall–Kier alpha value is -0.700. The summed E-state index contributed by atoms with van der Waals surface area (Å²) in [7, 11) is 0. The molecule has 3 fully saturated rings. The van der Waals surface area contributed by atoms with Crippen molar-refractivity contribution in [2.45, 2.75) is 77.5 Å². The molecule has 0 aromatic carbocycles. The van der Waals surface area contributed by atoms with Crippen molar-refractivity contribution < 1.29 is 14.3 Å². The van der Waals surface area contributed by atoms with Crippen molar-refractivity contribution in [3.05, 3.63) is 11.6 Å². The van der Waals surface area contributed by atoms with Crippen molar-refractivity contribution in [1.29, 1.82) is 0 Å². The first kappa shape index (κ1) is 15.8. The van der Waals surface area contributed by atoms with E-state index < -0.39 is 11.1 Å². The molecule has 2 nitrogen and oxygen atoms in total. The zero-order valence-corrected chi connectivity index (χ0v) is 14.6. The maximum Gasteiger partial charge on any atom is 0.175 e. The standard InChI is InChI=1S/C20H29FO2/c1-18-8-6-13(22)10-12(18)4-5-14-15(18)7-9-19(2)16(14)11-20(3,21)17(19)23/h4,13-16,22H,5-11H2,1-3H3/t13-,14+,15-,16-,18-,19-,20+/m0/s1. The highest BCUT2D eigenvalue weighted by atomic mass is 19.1. The van der Waals surface area contributed by atoms with Gasteiger partial charge in [-0.25, -0.2) is 4.39 Å². The molecule has 0 aromatic rings. The first-order chi connectivity index (χ1) is 10.7. The molecule has 0 amide bonds. The molecule has 0 aromatic heterocycles. The molecule has 0 radical (unpaired) electrons. The summed E-state index contributed by atoms with van der Waals surface area (Å²) in [5.41, 5.74) is -0.516. The average molecular weight is 320 g/mol. The molecule has 128 valence electrons. The number of rotatable bonds is 0. The monoisotopic (exact) mass is 320 g/mol. The molecular formula is C20H29FO2. The van der Waals surface area contributed by atoms with Gasteiger partial charge in [0.2, 0.25) is 0 Å². The van der Waals surface area contributed by atoms with E-state index in [0.29, 0.717) is 18.3 Å². The number of aliphatic hydroxyl groups is 1. The van der Waals surface area contributed by atoms with E-state index in [1.807, 2.05) is 6.92 Å². The summed E-state index contributed by atoms with van der Waals surface area (Å²) in [4.78, 5) is 12.6. The third-order valence-electron chi connectivity index (χ3n) is 8.06. The number of aliphatic hydroxyl groups excluding tert-OH is 1. The second kappa shape index (κ2) is 4.68. The normalized spacial score (nSPS) is 55.7. The van der Waals surface area contributed by atoms with Gasteiger partial charge in [0, 0.05) is 5.41 Å². The number of carbonyl (C=O) groups is 1. The number of allylic oxidation sites excluding steroid dienone is 1. The minimum absolute atomic E-state index is 0.146. The second-order valence-corrected chi connectivity index (χ2v) is 9.34. The summed E-state index contributed by atoms with van der Waals surface area (Å²) in [6, 6.07) is 0. The van der Waals surface area contributed by atoms with Gasteiger partial charge in [-0.05, 0) is 75.0 Å². The van der Waals surface area contributed by atoms with Crippen LogP contribution < -0.4 is 0 Å². The Balaban J connectivity index is 1.71. The fourth-order valence-electron chi connectivity index (χ4n) is 6.72. The Morgan fingerprint density at radius 1 is 1.13 bits per heavy atom. The lowest BCUT2D eigenvalue weighted by atomic mass is 9.48. The summed E-state index contributed by atoms with van der Waals surface area (Å²) in [6.07, 6.45) is 8.09. The molecule has 0 heterocycles. The van der Waals surface area contributed by atoms with E-state index in [0.717, 1.165) is 38.5 Å². The fourth-order valence-corrected chi connectivity index (χ4v) is 6.72. The van der Waals surface area contributed by atoms with Crippen LogP contribution in [-0.2, 0) is 4.79 Å². The lowest BCUT2D eigenvalue weighted by Gasteiger charge is -2.56. The predicted molar refractivity (Wildman–Crippen MR) is 87.6 cm³/mol. The van der Waals surface area contributed by atoms with Gasteiger partial charge in [0.1, 0.15) is 0 Å². The van der Waals surface area contributed by atoms with E-state index in [2.05, 4.69) is 13.0 Å². The Kier molecular flexibility index (Phi) is 3.22. The van der Waals surface area contributed by atoms with E-state index in [4.69, 9.17) is 0 Å². The van der Waals surface area contributed by atoms with E-state index in [9.17, 15) is 14.3 Å². The van der Waals surface area contributed by atoms with Crippen molar-refractivity contribution in [3.8, 4) is 0 Å². The van der Waals surface area contributed by atoms with Gasteiger partial charge in [-0.2, -0.15) is 0 Å². The van der Waals surface area contributed by atoms with E-state index in [1.54, 1.807) is 0 Å². The molecule has 4 aliphatic rings. The number of halogens is 1. The largest absolute Gasteiger partial charge is 0.393 e. The summed E-state index contributed by atoms with van der Waals surface area (Å²) in [6.45, 7) is 5.87. The molecule has 0 saturated heterocycles. The van der Waals surface area contributed by atoms with Crippen LogP contribution in [0.1, 0.15) is 65.7 Å². The lowest BCUT2D eigenvalue weighted by Crippen LogP contribution is -2.50. The molecular weight excluding hydrogens is 291 g/mol. The Bertz CT molecular complexity index is 580. The topological polar surface area (TPSA) is 37.3 Å². The quantitative estimate of drug-likeness (QED) is 0.679. The van der Waals surface area contributed by atoms with Gasteiger partial charge < -0.3 is 5.11 Å². The SMILES string of the molecule is C[C@]12CC[C@H](O)CC1=CC[C@@H]1[C@@H]2CC[C@]2(C)C(=O)[C@](C)(F)C[C@@H]12.